The van der Waals surface area contributed by atoms with E-state index in [0.29, 0.717) is 0 Å². The van der Waals surface area contributed by atoms with Crippen molar-refractivity contribution in [1.29, 1.82) is 0 Å². The summed E-state index contributed by atoms with van der Waals surface area (Å²) in [5.41, 5.74) is -1.98. The van der Waals surface area contributed by atoms with Crippen LogP contribution in [0.3, 0.4) is 0 Å². The molecule has 1 aromatic rings. The second-order valence-corrected chi connectivity index (χ2v) is 6.32. The predicted octanol–water partition coefficient (Wildman–Crippen LogP) is 4.44. The zero-order chi connectivity index (χ0) is 17.5. The summed E-state index contributed by atoms with van der Waals surface area (Å²) in [6, 6.07) is 0. The van der Waals surface area contributed by atoms with Crippen molar-refractivity contribution in [2.45, 2.75) is 34.3 Å². The zero-order valence-corrected chi connectivity index (χ0v) is 13.3. The van der Waals surface area contributed by atoms with E-state index in [9.17, 15) is 22.4 Å². The Morgan fingerprint density at radius 3 is 2.13 bits per heavy atom. The molecule has 1 aliphatic rings. The first-order chi connectivity index (χ1) is 10.6. The van der Waals surface area contributed by atoms with Gasteiger partial charge >= 0.3 is 5.97 Å². The maximum Gasteiger partial charge on any atom is 0.310 e. The van der Waals surface area contributed by atoms with Gasteiger partial charge in [-0.05, 0) is 25.2 Å². The summed E-state index contributed by atoms with van der Waals surface area (Å²) in [7, 11) is 0. The number of esters is 1. The molecule has 6 heteroatoms. The minimum atomic E-state index is -1.53. The molecule has 0 radical (unpaired) electrons. The first-order valence-corrected chi connectivity index (χ1v) is 7.25. The molecule has 0 spiro atoms. The molecule has 1 unspecified atom stereocenters. The molecule has 2 atom stereocenters. The number of carbonyl (C=O) groups excluding carboxylic acids is 1. The maximum atomic E-state index is 13.7. The van der Waals surface area contributed by atoms with Crippen molar-refractivity contribution >= 4 is 5.97 Å². The smallest absolute Gasteiger partial charge is 0.310 e. The topological polar surface area (TPSA) is 26.3 Å². The Morgan fingerprint density at radius 2 is 1.65 bits per heavy atom. The first-order valence-electron chi connectivity index (χ1n) is 7.25. The van der Waals surface area contributed by atoms with Gasteiger partial charge in [0, 0.05) is 5.56 Å². The van der Waals surface area contributed by atoms with Gasteiger partial charge in [-0.15, -0.1) is 0 Å². The van der Waals surface area contributed by atoms with Crippen molar-refractivity contribution in [3.05, 3.63) is 46.5 Å². The van der Waals surface area contributed by atoms with E-state index < -0.39 is 52.9 Å². The van der Waals surface area contributed by atoms with E-state index in [1.807, 2.05) is 32.9 Å². The van der Waals surface area contributed by atoms with Gasteiger partial charge in [0.05, 0.1) is 11.5 Å². The number of hydrogen-bond acceptors (Lipinski definition) is 2. The highest BCUT2D eigenvalue weighted by molar-refractivity contribution is 5.78. The number of halogens is 4. The number of hydrogen-bond donors (Lipinski definition) is 0. The summed E-state index contributed by atoms with van der Waals surface area (Å²) in [4.78, 5) is 12.1. The maximum absolute atomic E-state index is 13.7. The Bertz CT molecular complexity index is 651. The zero-order valence-electron chi connectivity index (χ0n) is 13.3. The Hall–Kier alpha value is -1.85. The Kier molecular flexibility index (Phi) is 4.55. The molecule has 23 heavy (non-hydrogen) atoms. The highest BCUT2D eigenvalue weighted by atomic mass is 19.2. The molecule has 1 fully saturated rings. The molecule has 0 heterocycles. The second kappa shape index (κ2) is 5.98. The average molecular weight is 330 g/mol. The highest BCUT2D eigenvalue weighted by Gasteiger charge is 2.61. The third kappa shape index (κ3) is 2.86. The van der Waals surface area contributed by atoms with E-state index in [-0.39, 0.29) is 11.3 Å². The molecule has 0 amide bonds. The largest absolute Gasteiger partial charge is 0.460 e. The van der Waals surface area contributed by atoms with Gasteiger partial charge in [-0.3, -0.25) is 4.79 Å². The molecule has 2 nitrogen and oxygen atoms in total. The van der Waals surface area contributed by atoms with Crippen LogP contribution in [0.1, 0.15) is 31.9 Å². The van der Waals surface area contributed by atoms with Gasteiger partial charge in [-0.25, -0.2) is 17.6 Å². The molecule has 1 aromatic carbocycles. The highest BCUT2D eigenvalue weighted by Crippen LogP contribution is 2.59. The molecule has 0 bridgehead atoms. The van der Waals surface area contributed by atoms with Crippen molar-refractivity contribution in [2.24, 2.45) is 17.3 Å². The van der Waals surface area contributed by atoms with Crippen LogP contribution < -0.4 is 0 Å². The van der Waals surface area contributed by atoms with E-state index in [1.54, 1.807) is 0 Å². The van der Waals surface area contributed by atoms with E-state index in [4.69, 9.17) is 4.74 Å². The van der Waals surface area contributed by atoms with Crippen LogP contribution in [0.15, 0.2) is 12.2 Å². The minimum absolute atomic E-state index is 0.0267. The number of benzene rings is 1. The van der Waals surface area contributed by atoms with Gasteiger partial charge in [0.15, 0.2) is 23.3 Å². The van der Waals surface area contributed by atoms with Crippen LogP contribution >= 0.6 is 0 Å². The molecule has 0 saturated heterocycles. The fourth-order valence-corrected chi connectivity index (χ4v) is 2.84. The van der Waals surface area contributed by atoms with E-state index in [0.717, 1.165) is 6.92 Å². The summed E-state index contributed by atoms with van der Waals surface area (Å²) in [6.07, 6.45) is 3.67. The Balaban J connectivity index is 2.15. The molecule has 0 aromatic heterocycles. The molecule has 126 valence electrons. The third-order valence-corrected chi connectivity index (χ3v) is 4.50. The van der Waals surface area contributed by atoms with Crippen LogP contribution in [0.2, 0.25) is 0 Å². The van der Waals surface area contributed by atoms with Gasteiger partial charge in [0.2, 0.25) is 0 Å². The normalized spacial score (nSPS) is 22.4. The second-order valence-electron chi connectivity index (χ2n) is 6.32. The summed E-state index contributed by atoms with van der Waals surface area (Å²) in [5.74, 6) is -7.13. The molecule has 2 rings (SSSR count). The quantitative estimate of drug-likeness (QED) is 0.353. The van der Waals surface area contributed by atoms with Gasteiger partial charge in [0.1, 0.15) is 6.61 Å². The third-order valence-electron chi connectivity index (χ3n) is 4.50. The fourth-order valence-electron chi connectivity index (χ4n) is 2.84. The fraction of sp³-hybridized carbons (Fsp3) is 0.471. The van der Waals surface area contributed by atoms with Crippen LogP contribution in [-0.4, -0.2) is 5.97 Å². The summed E-state index contributed by atoms with van der Waals surface area (Å²) < 4.78 is 59.3. The van der Waals surface area contributed by atoms with Crippen LogP contribution in [0, 0.1) is 47.4 Å². The lowest BCUT2D eigenvalue weighted by molar-refractivity contribution is -0.147. The number of rotatable bonds is 4. The SMILES string of the molecule is CC=C[C@@H]1C(C(=O)OCc2c(F)c(F)c(C)c(F)c2F)C1(C)C. The summed E-state index contributed by atoms with van der Waals surface area (Å²) in [5, 5.41) is 0. The van der Waals surface area contributed by atoms with Gasteiger partial charge in [-0.2, -0.15) is 0 Å². The average Bonchev–Trinajstić information content (AvgIpc) is 3.04. The predicted molar refractivity (Wildman–Crippen MR) is 76.4 cm³/mol. The molecule has 1 saturated carbocycles. The van der Waals surface area contributed by atoms with Crippen molar-refractivity contribution < 1.29 is 27.1 Å². The van der Waals surface area contributed by atoms with E-state index >= 15 is 0 Å². The van der Waals surface area contributed by atoms with Crippen LogP contribution in [0.25, 0.3) is 0 Å². The first kappa shape index (κ1) is 17.5. The van der Waals surface area contributed by atoms with Gasteiger partial charge in [-0.1, -0.05) is 26.0 Å². The molecular formula is C17H18F4O2. The summed E-state index contributed by atoms with van der Waals surface area (Å²) >= 11 is 0. The number of allylic oxidation sites excluding steroid dienone is 2. The molecule has 1 aliphatic carbocycles. The van der Waals surface area contributed by atoms with Crippen LogP contribution in [0.4, 0.5) is 17.6 Å². The van der Waals surface area contributed by atoms with Gasteiger partial charge < -0.3 is 4.74 Å². The standard InChI is InChI=1S/C17H18F4O2/c1-5-6-10-11(17(10,3)4)16(22)23-7-9-14(20)12(18)8(2)13(19)15(9)21/h5-6,10-11H,7H2,1-4H3/t10-,11?/m1/s1. The van der Waals surface area contributed by atoms with Crippen molar-refractivity contribution in [2.75, 3.05) is 0 Å². The lowest BCUT2D eigenvalue weighted by Gasteiger charge is -2.10. The van der Waals surface area contributed by atoms with Crippen molar-refractivity contribution in [3.8, 4) is 0 Å². The van der Waals surface area contributed by atoms with E-state index in [2.05, 4.69) is 0 Å². The Morgan fingerprint density at radius 1 is 1.13 bits per heavy atom. The van der Waals surface area contributed by atoms with Gasteiger partial charge in [0.25, 0.3) is 0 Å². The molecule has 0 aliphatic heterocycles. The van der Waals surface area contributed by atoms with E-state index in [1.165, 1.54) is 0 Å². The monoisotopic (exact) mass is 330 g/mol. The van der Waals surface area contributed by atoms with Crippen molar-refractivity contribution in [3.63, 3.8) is 0 Å². The molecule has 0 N–H and O–H groups in total. The lowest BCUT2D eigenvalue weighted by Crippen LogP contribution is -2.14. The number of ether oxygens (including phenoxy) is 1. The number of carbonyl (C=O) groups is 1. The summed E-state index contributed by atoms with van der Waals surface area (Å²) in [6.45, 7) is 5.64. The van der Waals surface area contributed by atoms with Crippen LogP contribution in [-0.2, 0) is 16.1 Å². The van der Waals surface area contributed by atoms with Crippen molar-refractivity contribution in [1.82, 2.24) is 0 Å². The van der Waals surface area contributed by atoms with Crippen LogP contribution in [0.5, 0.6) is 0 Å². The molecular weight excluding hydrogens is 312 g/mol. The minimum Gasteiger partial charge on any atom is -0.460 e. The Labute approximate surface area is 132 Å². The lowest BCUT2D eigenvalue weighted by atomic mass is 10.1.